The van der Waals surface area contributed by atoms with Gasteiger partial charge >= 0.3 is 0 Å². The van der Waals surface area contributed by atoms with Gasteiger partial charge in [0.2, 0.25) is 0 Å². The highest BCUT2D eigenvalue weighted by atomic mass is 35.5. The second-order valence-corrected chi connectivity index (χ2v) is 5.12. The quantitative estimate of drug-likeness (QED) is 0.765. The molecule has 0 fully saturated rings. The number of hydrogen-bond donors (Lipinski definition) is 0. The summed E-state index contributed by atoms with van der Waals surface area (Å²) in [6, 6.07) is 8.27. The first-order chi connectivity index (χ1) is 9.58. The van der Waals surface area contributed by atoms with E-state index in [0.29, 0.717) is 35.5 Å². The Morgan fingerprint density at radius 2 is 2.15 bits per heavy atom. The summed E-state index contributed by atoms with van der Waals surface area (Å²) in [6.45, 7) is 1.86. The molecule has 0 saturated carbocycles. The maximum absolute atomic E-state index is 13.6. The van der Waals surface area contributed by atoms with Crippen LogP contribution in [0.3, 0.4) is 0 Å². The van der Waals surface area contributed by atoms with Gasteiger partial charge in [-0.15, -0.1) is 0 Å². The minimum atomic E-state index is -0.320. The van der Waals surface area contributed by atoms with E-state index in [9.17, 15) is 9.18 Å². The molecular formula is C16H15ClFNO. The van der Waals surface area contributed by atoms with Crippen LogP contribution in [0.15, 0.2) is 36.5 Å². The molecule has 1 heterocycles. The van der Waals surface area contributed by atoms with E-state index in [4.69, 9.17) is 11.6 Å². The molecule has 0 spiro atoms. The Bertz CT molecular complexity index is 628. The van der Waals surface area contributed by atoms with E-state index < -0.39 is 0 Å². The summed E-state index contributed by atoms with van der Waals surface area (Å²) < 4.78 is 13.6. The van der Waals surface area contributed by atoms with Gasteiger partial charge in [-0.25, -0.2) is 4.39 Å². The number of carbonyl (C=O) groups is 1. The number of carbonyl (C=O) groups excluding carboxylic acids is 1. The van der Waals surface area contributed by atoms with Crippen molar-refractivity contribution in [3.8, 4) is 0 Å². The summed E-state index contributed by atoms with van der Waals surface area (Å²) in [5, 5.41) is 0.381. The van der Waals surface area contributed by atoms with Crippen LogP contribution < -0.4 is 0 Å². The summed E-state index contributed by atoms with van der Waals surface area (Å²) in [4.78, 5) is 16.1. The number of aryl methyl sites for hydroxylation is 2. The lowest BCUT2D eigenvalue weighted by molar-refractivity contribution is 0.0974. The smallest absolute Gasteiger partial charge is 0.181 e. The van der Waals surface area contributed by atoms with Crippen LogP contribution in [-0.4, -0.2) is 10.8 Å². The van der Waals surface area contributed by atoms with Crippen molar-refractivity contribution in [2.75, 3.05) is 0 Å². The lowest BCUT2D eigenvalue weighted by atomic mass is 10.0. The second-order valence-electron chi connectivity index (χ2n) is 4.68. The van der Waals surface area contributed by atoms with E-state index >= 15 is 0 Å². The van der Waals surface area contributed by atoms with Crippen LogP contribution in [0.5, 0.6) is 0 Å². The molecule has 4 heteroatoms. The average molecular weight is 292 g/mol. The molecule has 2 aromatic rings. The van der Waals surface area contributed by atoms with Crippen LogP contribution in [0.4, 0.5) is 4.39 Å². The summed E-state index contributed by atoms with van der Waals surface area (Å²) >= 11 is 5.70. The van der Waals surface area contributed by atoms with E-state index in [1.807, 2.05) is 13.0 Å². The summed E-state index contributed by atoms with van der Waals surface area (Å²) in [5.74, 6) is -0.323. The van der Waals surface area contributed by atoms with E-state index in [0.717, 1.165) is 5.56 Å². The van der Waals surface area contributed by atoms with Crippen LogP contribution in [0.1, 0.15) is 34.5 Å². The van der Waals surface area contributed by atoms with Gasteiger partial charge in [-0.05, 0) is 49.1 Å². The predicted octanol–water partition coefficient (Wildman–Crippen LogP) is 4.39. The number of benzene rings is 1. The van der Waals surface area contributed by atoms with Gasteiger partial charge in [0, 0.05) is 17.6 Å². The normalized spacial score (nSPS) is 10.6. The molecular weight excluding hydrogens is 277 g/mol. The maximum atomic E-state index is 13.6. The number of nitrogens with zero attached hydrogens (tertiary/aromatic N) is 1. The molecule has 0 radical (unpaired) electrons. The van der Waals surface area contributed by atoms with Crippen molar-refractivity contribution >= 4 is 17.4 Å². The SMILES string of the molecule is Cc1cccnc1C(=O)CCCc1ccc(Cl)cc1F. The van der Waals surface area contributed by atoms with Gasteiger partial charge in [0.05, 0.1) is 0 Å². The standard InChI is InChI=1S/C16H15ClFNO/c1-11-4-3-9-19-16(11)15(20)6-2-5-12-7-8-13(17)10-14(12)18/h3-4,7-10H,2,5-6H2,1H3. The van der Waals surface area contributed by atoms with Crippen molar-refractivity contribution in [3.05, 3.63) is 64.2 Å². The van der Waals surface area contributed by atoms with Crippen molar-refractivity contribution in [2.24, 2.45) is 0 Å². The summed E-state index contributed by atoms with van der Waals surface area (Å²) in [7, 11) is 0. The molecule has 2 nitrogen and oxygen atoms in total. The van der Waals surface area contributed by atoms with Crippen molar-refractivity contribution in [3.63, 3.8) is 0 Å². The molecule has 0 unspecified atom stereocenters. The Hall–Kier alpha value is -1.74. The van der Waals surface area contributed by atoms with Crippen LogP contribution >= 0.6 is 11.6 Å². The molecule has 0 aliphatic carbocycles. The first-order valence-electron chi connectivity index (χ1n) is 6.46. The Labute approximate surface area is 122 Å². The Kier molecular flexibility index (Phi) is 4.85. The monoisotopic (exact) mass is 291 g/mol. The number of hydrogen-bond acceptors (Lipinski definition) is 2. The lowest BCUT2D eigenvalue weighted by Crippen LogP contribution is -2.05. The fraction of sp³-hybridized carbons (Fsp3) is 0.250. The topological polar surface area (TPSA) is 30.0 Å². The fourth-order valence-electron chi connectivity index (χ4n) is 2.06. The highest BCUT2D eigenvalue weighted by Gasteiger charge is 2.10. The average Bonchev–Trinajstić information content (AvgIpc) is 2.41. The molecule has 0 amide bonds. The number of halogens is 2. The zero-order valence-electron chi connectivity index (χ0n) is 11.2. The zero-order valence-corrected chi connectivity index (χ0v) is 12.0. The van der Waals surface area contributed by atoms with Gasteiger partial charge in [-0.1, -0.05) is 23.7 Å². The van der Waals surface area contributed by atoms with Crippen molar-refractivity contribution in [1.29, 1.82) is 0 Å². The highest BCUT2D eigenvalue weighted by Crippen LogP contribution is 2.17. The van der Waals surface area contributed by atoms with Crippen molar-refractivity contribution < 1.29 is 9.18 Å². The number of ketones is 1. The van der Waals surface area contributed by atoms with E-state index in [-0.39, 0.29) is 11.6 Å². The maximum Gasteiger partial charge on any atom is 0.181 e. The zero-order chi connectivity index (χ0) is 14.5. The molecule has 1 aromatic heterocycles. The Balaban J connectivity index is 1.93. The molecule has 1 aromatic carbocycles. The first-order valence-corrected chi connectivity index (χ1v) is 6.84. The van der Waals surface area contributed by atoms with Crippen LogP contribution in [0, 0.1) is 12.7 Å². The molecule has 0 bridgehead atoms. The van der Waals surface area contributed by atoms with Gasteiger partial charge in [-0.2, -0.15) is 0 Å². The van der Waals surface area contributed by atoms with E-state index in [1.165, 1.54) is 6.07 Å². The highest BCUT2D eigenvalue weighted by molar-refractivity contribution is 6.30. The van der Waals surface area contributed by atoms with E-state index in [2.05, 4.69) is 4.98 Å². The second kappa shape index (κ2) is 6.62. The minimum absolute atomic E-state index is 0.00234. The molecule has 0 saturated heterocycles. The predicted molar refractivity (Wildman–Crippen MR) is 77.7 cm³/mol. The molecule has 2 rings (SSSR count). The summed E-state index contributed by atoms with van der Waals surface area (Å²) in [6.07, 6.45) is 3.08. The molecule has 0 atom stereocenters. The fourth-order valence-corrected chi connectivity index (χ4v) is 2.22. The number of rotatable bonds is 5. The Morgan fingerprint density at radius 1 is 1.35 bits per heavy atom. The van der Waals surface area contributed by atoms with Crippen molar-refractivity contribution in [2.45, 2.75) is 26.2 Å². The molecule has 0 N–H and O–H groups in total. The number of aromatic nitrogens is 1. The van der Waals surface area contributed by atoms with Crippen LogP contribution in [-0.2, 0) is 6.42 Å². The van der Waals surface area contributed by atoms with Gasteiger partial charge < -0.3 is 0 Å². The van der Waals surface area contributed by atoms with Crippen LogP contribution in [0.25, 0.3) is 0 Å². The largest absolute Gasteiger partial charge is 0.292 e. The third-order valence-electron chi connectivity index (χ3n) is 3.14. The van der Waals surface area contributed by atoms with E-state index in [1.54, 1.807) is 24.4 Å². The molecule has 104 valence electrons. The van der Waals surface area contributed by atoms with Gasteiger partial charge in [-0.3, -0.25) is 9.78 Å². The molecule has 20 heavy (non-hydrogen) atoms. The minimum Gasteiger partial charge on any atom is -0.292 e. The van der Waals surface area contributed by atoms with Crippen molar-refractivity contribution in [1.82, 2.24) is 4.98 Å². The summed E-state index contributed by atoms with van der Waals surface area (Å²) in [5.41, 5.74) is 1.96. The number of Topliss-reactive ketones (excluding diaryl/α,β-unsaturated/α-hetero) is 1. The Morgan fingerprint density at radius 3 is 2.85 bits per heavy atom. The third-order valence-corrected chi connectivity index (χ3v) is 3.37. The molecule has 0 aliphatic heterocycles. The van der Waals surface area contributed by atoms with Gasteiger partial charge in [0.25, 0.3) is 0 Å². The lowest BCUT2D eigenvalue weighted by Gasteiger charge is -2.05. The van der Waals surface area contributed by atoms with Crippen LogP contribution in [0.2, 0.25) is 5.02 Å². The molecule has 0 aliphatic rings. The van der Waals surface area contributed by atoms with Gasteiger partial charge in [0.15, 0.2) is 5.78 Å². The van der Waals surface area contributed by atoms with Gasteiger partial charge in [0.1, 0.15) is 11.5 Å². The number of pyridine rings is 1. The first kappa shape index (κ1) is 14.7. The third kappa shape index (κ3) is 3.64.